The number of hydrogen-bond acceptors (Lipinski definition) is 6. The van der Waals surface area contributed by atoms with Gasteiger partial charge in [-0.25, -0.2) is 0 Å². The van der Waals surface area contributed by atoms with E-state index in [2.05, 4.69) is 13.8 Å². The van der Waals surface area contributed by atoms with Crippen LogP contribution >= 0.6 is 0 Å². The maximum atomic E-state index is 13.0. The van der Waals surface area contributed by atoms with Crippen molar-refractivity contribution in [3.05, 3.63) is 35.5 Å². The maximum Gasteiger partial charge on any atom is 0.309 e. The van der Waals surface area contributed by atoms with Crippen molar-refractivity contribution in [3.63, 3.8) is 0 Å². The average Bonchev–Trinajstić information content (AvgIpc) is 3.08. The summed E-state index contributed by atoms with van der Waals surface area (Å²) >= 11 is 0. The molecule has 0 spiro atoms. The molecule has 6 atom stereocenters. The molecule has 0 aromatic heterocycles. The number of carbonyl (C=O) groups is 4. The predicted octanol–water partition coefficient (Wildman–Crippen LogP) is 3.36. The number of ether oxygens (including phenoxy) is 2. The maximum absolute atomic E-state index is 13.0. The van der Waals surface area contributed by atoms with E-state index in [1.54, 1.807) is 12.2 Å². The Kier molecular flexibility index (Phi) is 5.31. The highest BCUT2D eigenvalue weighted by Crippen LogP contribution is 2.66. The van der Waals surface area contributed by atoms with Crippen LogP contribution in [0.4, 0.5) is 0 Å². The van der Waals surface area contributed by atoms with E-state index < -0.39 is 11.4 Å². The summed E-state index contributed by atoms with van der Waals surface area (Å²) in [5.74, 6) is -0.860. The molecular weight excluding hydrogens is 396 g/mol. The molecule has 0 aliphatic heterocycles. The number of esters is 2. The highest BCUT2D eigenvalue weighted by Gasteiger charge is 2.62. The number of methoxy groups -OCH3 is 1. The van der Waals surface area contributed by atoms with Crippen LogP contribution in [0.5, 0.6) is 0 Å². The Morgan fingerprint density at radius 3 is 2.65 bits per heavy atom. The summed E-state index contributed by atoms with van der Waals surface area (Å²) in [7, 11) is 1.41. The SMILES string of the molecule is COC(=O)[C@@H]1C[C@]2(C)C(C(=O)COC(C)=O)=CC[C@H]2[C@@H]2CCC3=CC(=O)C=C[C@]3(C)[C@H]21. The summed E-state index contributed by atoms with van der Waals surface area (Å²) in [5, 5.41) is 0. The fourth-order valence-electron chi connectivity index (χ4n) is 7.01. The largest absolute Gasteiger partial charge is 0.469 e. The Balaban J connectivity index is 1.72. The van der Waals surface area contributed by atoms with Crippen LogP contribution in [0.3, 0.4) is 0 Å². The number of allylic oxidation sites excluding steroid dienone is 5. The summed E-state index contributed by atoms with van der Waals surface area (Å²) in [6, 6.07) is 0. The molecule has 0 unspecified atom stereocenters. The lowest BCUT2D eigenvalue weighted by Crippen LogP contribution is -2.55. The molecule has 6 nitrogen and oxygen atoms in total. The summed E-state index contributed by atoms with van der Waals surface area (Å²) < 4.78 is 10.2. The topological polar surface area (TPSA) is 86.7 Å². The fraction of sp³-hybridized carbons (Fsp3) is 0.600. The van der Waals surface area contributed by atoms with E-state index in [9.17, 15) is 19.2 Å². The van der Waals surface area contributed by atoms with E-state index in [4.69, 9.17) is 9.47 Å². The molecule has 0 saturated heterocycles. The molecule has 0 heterocycles. The number of hydrogen-bond donors (Lipinski definition) is 0. The second kappa shape index (κ2) is 7.57. The van der Waals surface area contributed by atoms with Crippen LogP contribution in [0.15, 0.2) is 35.5 Å². The standard InChI is InChI=1S/C25H30O6/c1-14(26)31-13-21(28)20-8-7-19-17-6-5-15-11-16(27)9-10-24(15,2)22(17)18(23(29)30-4)12-25(19,20)3/h8-11,17-19,22H,5-7,12-13H2,1-4H3/t17-,18+,19-,22+,24-,25-/m0/s1. The Morgan fingerprint density at radius 1 is 1.23 bits per heavy atom. The highest BCUT2D eigenvalue weighted by molar-refractivity contribution is 6.01. The van der Waals surface area contributed by atoms with Gasteiger partial charge in [0.05, 0.1) is 13.0 Å². The minimum atomic E-state index is -0.483. The second-order valence-corrected chi connectivity index (χ2v) is 9.83. The van der Waals surface area contributed by atoms with Crippen LogP contribution in [0.2, 0.25) is 0 Å². The normalized spacial score (nSPS) is 38.3. The second-order valence-electron chi connectivity index (χ2n) is 9.83. The van der Waals surface area contributed by atoms with Crippen molar-refractivity contribution < 1.29 is 28.7 Å². The van der Waals surface area contributed by atoms with Crippen molar-refractivity contribution in [3.8, 4) is 0 Å². The van der Waals surface area contributed by atoms with Crippen LogP contribution in [-0.4, -0.2) is 37.2 Å². The average molecular weight is 427 g/mol. The van der Waals surface area contributed by atoms with Crippen molar-refractivity contribution in [2.75, 3.05) is 13.7 Å². The zero-order valence-corrected chi connectivity index (χ0v) is 18.6. The molecule has 4 rings (SSSR count). The van der Waals surface area contributed by atoms with Gasteiger partial charge in [-0.05, 0) is 55.6 Å². The van der Waals surface area contributed by atoms with Crippen molar-refractivity contribution in [1.82, 2.24) is 0 Å². The molecular formula is C25H30O6. The van der Waals surface area contributed by atoms with Gasteiger partial charge in [0.25, 0.3) is 0 Å². The van der Waals surface area contributed by atoms with Crippen LogP contribution in [0, 0.1) is 34.5 Å². The molecule has 166 valence electrons. The fourth-order valence-corrected chi connectivity index (χ4v) is 7.01. The highest BCUT2D eigenvalue weighted by atomic mass is 16.5. The molecule has 31 heavy (non-hydrogen) atoms. The first-order chi connectivity index (χ1) is 14.6. The van der Waals surface area contributed by atoms with Crippen LogP contribution in [-0.2, 0) is 28.7 Å². The molecule has 0 N–H and O–H groups in total. The third-order valence-corrected chi connectivity index (χ3v) is 8.32. The Bertz CT molecular complexity index is 940. The number of fused-ring (bicyclic) bond motifs is 5. The lowest BCUT2D eigenvalue weighted by atomic mass is 9.44. The first-order valence-corrected chi connectivity index (χ1v) is 11.0. The summed E-state index contributed by atoms with van der Waals surface area (Å²) in [6.45, 7) is 5.22. The first kappa shape index (κ1) is 21.7. The molecule has 4 aliphatic rings. The quantitative estimate of drug-likeness (QED) is 0.641. The van der Waals surface area contributed by atoms with Gasteiger partial charge in [0.15, 0.2) is 18.2 Å². The number of ketones is 2. The van der Waals surface area contributed by atoms with E-state index in [1.165, 1.54) is 14.0 Å². The predicted molar refractivity (Wildman–Crippen MR) is 113 cm³/mol. The van der Waals surface area contributed by atoms with Gasteiger partial charge in [0.2, 0.25) is 0 Å². The number of rotatable bonds is 4. The van der Waals surface area contributed by atoms with E-state index >= 15 is 0 Å². The number of carbonyl (C=O) groups excluding carboxylic acids is 4. The summed E-state index contributed by atoms with van der Waals surface area (Å²) in [6.07, 6.45) is 10.3. The van der Waals surface area contributed by atoms with Gasteiger partial charge in [0, 0.05) is 23.3 Å². The summed E-state index contributed by atoms with van der Waals surface area (Å²) in [4.78, 5) is 49.2. The minimum absolute atomic E-state index is 0.00192. The van der Waals surface area contributed by atoms with Gasteiger partial charge in [-0.15, -0.1) is 0 Å². The van der Waals surface area contributed by atoms with Crippen LogP contribution in [0.1, 0.15) is 46.5 Å². The van der Waals surface area contributed by atoms with E-state index in [1.807, 2.05) is 12.2 Å². The third kappa shape index (κ3) is 3.31. The minimum Gasteiger partial charge on any atom is -0.469 e. The van der Waals surface area contributed by atoms with Crippen molar-refractivity contribution >= 4 is 23.5 Å². The van der Waals surface area contributed by atoms with Gasteiger partial charge in [-0.3, -0.25) is 19.2 Å². The van der Waals surface area contributed by atoms with Crippen molar-refractivity contribution in [2.45, 2.75) is 46.5 Å². The Hall–Kier alpha value is -2.50. The zero-order valence-electron chi connectivity index (χ0n) is 18.6. The lowest BCUT2D eigenvalue weighted by molar-refractivity contribution is -0.159. The molecule has 0 radical (unpaired) electrons. The Labute approximate surface area is 182 Å². The molecule has 0 aromatic carbocycles. The van der Waals surface area contributed by atoms with Gasteiger partial charge in [0.1, 0.15) is 0 Å². The van der Waals surface area contributed by atoms with Crippen molar-refractivity contribution in [1.29, 1.82) is 0 Å². The first-order valence-electron chi connectivity index (χ1n) is 11.0. The molecule has 0 amide bonds. The molecule has 0 aromatic rings. The van der Waals surface area contributed by atoms with Gasteiger partial charge in [-0.1, -0.05) is 31.6 Å². The van der Waals surface area contributed by atoms with Gasteiger partial charge < -0.3 is 9.47 Å². The van der Waals surface area contributed by atoms with E-state index in [0.29, 0.717) is 12.0 Å². The van der Waals surface area contributed by atoms with Crippen molar-refractivity contribution in [2.24, 2.45) is 34.5 Å². The molecule has 0 bridgehead atoms. The molecule has 2 saturated carbocycles. The number of Topliss-reactive ketones (excluding diaryl/α,β-unsaturated/α-hetero) is 1. The van der Waals surface area contributed by atoms with Gasteiger partial charge in [-0.2, -0.15) is 0 Å². The van der Waals surface area contributed by atoms with E-state index in [-0.39, 0.29) is 53.2 Å². The zero-order chi connectivity index (χ0) is 22.6. The molecule has 2 fully saturated rings. The molecule has 6 heteroatoms. The molecule has 4 aliphatic carbocycles. The third-order valence-electron chi connectivity index (χ3n) is 8.32. The van der Waals surface area contributed by atoms with E-state index in [0.717, 1.165) is 24.8 Å². The van der Waals surface area contributed by atoms with Crippen LogP contribution < -0.4 is 0 Å². The lowest BCUT2D eigenvalue weighted by Gasteiger charge is -2.58. The smallest absolute Gasteiger partial charge is 0.309 e. The monoisotopic (exact) mass is 426 g/mol. The van der Waals surface area contributed by atoms with Gasteiger partial charge >= 0.3 is 11.9 Å². The Morgan fingerprint density at radius 2 is 1.97 bits per heavy atom. The van der Waals surface area contributed by atoms with Crippen LogP contribution in [0.25, 0.3) is 0 Å². The summed E-state index contributed by atoms with van der Waals surface area (Å²) in [5.41, 5.74) is 0.924.